The summed E-state index contributed by atoms with van der Waals surface area (Å²) in [5.41, 5.74) is 3.21. The van der Waals surface area contributed by atoms with Crippen LogP contribution in [0.5, 0.6) is 0 Å². The number of nitrogens with zero attached hydrogens (tertiary/aromatic N) is 3. The van der Waals surface area contributed by atoms with E-state index in [4.69, 9.17) is 0 Å². The normalized spacial score (nSPS) is 17.2. The summed E-state index contributed by atoms with van der Waals surface area (Å²) < 4.78 is 2.05. The number of aryl methyl sites for hydroxylation is 1. The van der Waals surface area contributed by atoms with E-state index in [2.05, 4.69) is 14.9 Å². The van der Waals surface area contributed by atoms with Gasteiger partial charge >= 0.3 is 5.97 Å². The van der Waals surface area contributed by atoms with Crippen LogP contribution in [0.3, 0.4) is 0 Å². The van der Waals surface area contributed by atoms with Crippen molar-refractivity contribution in [2.24, 2.45) is 0 Å². The van der Waals surface area contributed by atoms with Crippen LogP contribution in [0.4, 0.5) is 0 Å². The Bertz CT molecular complexity index is 1010. The van der Waals surface area contributed by atoms with Gasteiger partial charge in [-0.3, -0.25) is 14.2 Å². The van der Waals surface area contributed by atoms with Gasteiger partial charge in [0.2, 0.25) is 0 Å². The molecule has 0 saturated carbocycles. The smallest absolute Gasteiger partial charge is 0.322 e. The van der Waals surface area contributed by atoms with Gasteiger partial charge in [-0.25, -0.2) is 4.98 Å². The third-order valence-electron chi connectivity index (χ3n) is 4.84. The van der Waals surface area contributed by atoms with Crippen LogP contribution >= 0.6 is 0 Å². The standard InChI is InChI=1S/C20H20N4O3/c1-13-22-16-11-14(19(25)23-10-9-21-17(12-23)20(26)27)7-8-18(16)24(13)15-5-3-2-4-6-15/h2-8,11,17,21H,9-10,12H2,1H3,(H,26,27)/t17-/m1/s1. The number of benzene rings is 2. The molecule has 0 radical (unpaired) electrons. The zero-order chi connectivity index (χ0) is 19.0. The summed E-state index contributed by atoms with van der Waals surface area (Å²) in [6.07, 6.45) is 0. The molecule has 2 heterocycles. The lowest BCUT2D eigenvalue weighted by molar-refractivity contribution is -0.140. The van der Waals surface area contributed by atoms with E-state index >= 15 is 0 Å². The molecule has 138 valence electrons. The number of hydrogen-bond acceptors (Lipinski definition) is 4. The summed E-state index contributed by atoms with van der Waals surface area (Å²) in [6, 6.07) is 14.7. The highest BCUT2D eigenvalue weighted by atomic mass is 16.4. The van der Waals surface area contributed by atoms with E-state index in [-0.39, 0.29) is 12.5 Å². The number of carbonyl (C=O) groups is 2. The molecule has 7 nitrogen and oxygen atoms in total. The predicted molar refractivity (Wildman–Crippen MR) is 101 cm³/mol. The lowest BCUT2D eigenvalue weighted by Crippen LogP contribution is -2.55. The van der Waals surface area contributed by atoms with Gasteiger partial charge in [0, 0.05) is 30.9 Å². The van der Waals surface area contributed by atoms with Crippen molar-refractivity contribution in [3.63, 3.8) is 0 Å². The van der Waals surface area contributed by atoms with Gasteiger partial charge in [-0.2, -0.15) is 0 Å². The molecule has 0 spiro atoms. The van der Waals surface area contributed by atoms with Gasteiger partial charge in [0.05, 0.1) is 11.0 Å². The van der Waals surface area contributed by atoms with Crippen molar-refractivity contribution in [1.29, 1.82) is 0 Å². The fourth-order valence-corrected chi connectivity index (χ4v) is 3.52. The van der Waals surface area contributed by atoms with E-state index < -0.39 is 12.0 Å². The van der Waals surface area contributed by atoms with E-state index in [1.165, 1.54) is 0 Å². The number of para-hydroxylation sites is 1. The summed E-state index contributed by atoms with van der Waals surface area (Å²) in [5.74, 6) is -0.273. The highest BCUT2D eigenvalue weighted by Crippen LogP contribution is 2.23. The average Bonchev–Trinajstić information content (AvgIpc) is 3.03. The molecule has 1 amide bonds. The average molecular weight is 364 g/mol. The van der Waals surface area contributed by atoms with Gasteiger partial charge in [0.25, 0.3) is 5.91 Å². The van der Waals surface area contributed by atoms with E-state index in [1.54, 1.807) is 17.0 Å². The Morgan fingerprint density at radius 2 is 1.96 bits per heavy atom. The Hall–Kier alpha value is -3.19. The minimum absolute atomic E-state index is 0.156. The molecule has 1 aliphatic heterocycles. The number of piperazine rings is 1. The lowest BCUT2D eigenvalue weighted by Gasteiger charge is -2.31. The first-order chi connectivity index (χ1) is 13.0. The van der Waals surface area contributed by atoms with Crippen molar-refractivity contribution in [2.75, 3.05) is 19.6 Å². The first-order valence-corrected chi connectivity index (χ1v) is 8.84. The van der Waals surface area contributed by atoms with E-state index in [0.29, 0.717) is 18.7 Å². The first kappa shape index (κ1) is 17.2. The van der Waals surface area contributed by atoms with Crippen molar-refractivity contribution in [2.45, 2.75) is 13.0 Å². The van der Waals surface area contributed by atoms with Gasteiger partial charge in [-0.05, 0) is 37.3 Å². The van der Waals surface area contributed by atoms with E-state index in [9.17, 15) is 14.7 Å². The SMILES string of the molecule is Cc1nc2cc(C(=O)N3CCN[C@@H](C(=O)O)C3)ccc2n1-c1ccccc1. The molecular formula is C20H20N4O3. The number of aliphatic carboxylic acids is 1. The molecular weight excluding hydrogens is 344 g/mol. The molecule has 1 saturated heterocycles. The molecule has 0 unspecified atom stereocenters. The maximum absolute atomic E-state index is 12.8. The molecule has 1 fully saturated rings. The molecule has 0 aliphatic carbocycles. The Labute approximate surface area is 156 Å². The predicted octanol–water partition coefficient (Wildman–Crippen LogP) is 1.83. The van der Waals surface area contributed by atoms with Crippen LogP contribution in [0.2, 0.25) is 0 Å². The number of fused-ring (bicyclic) bond motifs is 1. The Balaban J connectivity index is 1.66. The van der Waals surface area contributed by atoms with E-state index in [0.717, 1.165) is 22.5 Å². The van der Waals surface area contributed by atoms with Gasteiger partial charge < -0.3 is 15.3 Å². The number of nitrogens with one attached hydrogen (secondary N) is 1. The summed E-state index contributed by atoms with van der Waals surface area (Å²) in [4.78, 5) is 30.2. The topological polar surface area (TPSA) is 87.5 Å². The van der Waals surface area contributed by atoms with Crippen LogP contribution in [0.1, 0.15) is 16.2 Å². The quantitative estimate of drug-likeness (QED) is 0.740. The Morgan fingerprint density at radius 1 is 1.19 bits per heavy atom. The highest BCUT2D eigenvalue weighted by Gasteiger charge is 2.28. The van der Waals surface area contributed by atoms with Crippen LogP contribution in [0.15, 0.2) is 48.5 Å². The van der Waals surface area contributed by atoms with Crippen LogP contribution in [-0.4, -0.2) is 57.1 Å². The minimum atomic E-state index is -0.944. The fraction of sp³-hybridized carbons (Fsp3) is 0.250. The van der Waals surface area contributed by atoms with Crippen molar-refractivity contribution < 1.29 is 14.7 Å². The lowest BCUT2D eigenvalue weighted by atomic mass is 10.1. The third kappa shape index (κ3) is 3.17. The number of imidazole rings is 1. The summed E-state index contributed by atoms with van der Waals surface area (Å²) in [7, 11) is 0. The van der Waals surface area contributed by atoms with Crippen LogP contribution in [0, 0.1) is 6.92 Å². The number of aromatic nitrogens is 2. The number of carboxylic acid groups (broad SMARTS) is 1. The number of carboxylic acids is 1. The number of carbonyl (C=O) groups excluding carboxylic acids is 1. The highest BCUT2D eigenvalue weighted by molar-refractivity contribution is 5.98. The monoisotopic (exact) mass is 364 g/mol. The second-order valence-electron chi connectivity index (χ2n) is 6.63. The van der Waals surface area contributed by atoms with Crippen molar-refractivity contribution in [3.8, 4) is 5.69 Å². The largest absolute Gasteiger partial charge is 0.480 e. The van der Waals surface area contributed by atoms with E-state index in [1.807, 2.05) is 43.3 Å². The van der Waals surface area contributed by atoms with Gasteiger partial charge in [0.1, 0.15) is 11.9 Å². The number of hydrogen-bond donors (Lipinski definition) is 2. The molecule has 1 aliphatic rings. The van der Waals surface area contributed by atoms with Gasteiger partial charge in [-0.15, -0.1) is 0 Å². The maximum Gasteiger partial charge on any atom is 0.322 e. The van der Waals surface area contributed by atoms with Crippen molar-refractivity contribution in [3.05, 3.63) is 59.9 Å². The fourth-order valence-electron chi connectivity index (χ4n) is 3.52. The maximum atomic E-state index is 12.8. The molecule has 3 aromatic rings. The molecule has 2 N–H and O–H groups in total. The summed E-state index contributed by atoms with van der Waals surface area (Å²) in [5, 5.41) is 12.1. The third-order valence-corrected chi connectivity index (χ3v) is 4.84. The van der Waals surface area contributed by atoms with Gasteiger partial charge in [0.15, 0.2) is 0 Å². The zero-order valence-corrected chi connectivity index (χ0v) is 14.9. The summed E-state index contributed by atoms with van der Waals surface area (Å²) >= 11 is 0. The number of amides is 1. The molecule has 4 rings (SSSR count). The number of rotatable bonds is 3. The molecule has 1 aromatic heterocycles. The molecule has 7 heteroatoms. The molecule has 2 aromatic carbocycles. The summed E-state index contributed by atoms with van der Waals surface area (Å²) in [6.45, 7) is 3.04. The van der Waals surface area contributed by atoms with Crippen LogP contribution in [0.25, 0.3) is 16.7 Å². The van der Waals surface area contributed by atoms with Crippen molar-refractivity contribution >= 4 is 22.9 Å². The van der Waals surface area contributed by atoms with Gasteiger partial charge in [-0.1, -0.05) is 18.2 Å². The second-order valence-corrected chi connectivity index (χ2v) is 6.63. The minimum Gasteiger partial charge on any atom is -0.480 e. The second kappa shape index (κ2) is 6.85. The molecule has 0 bridgehead atoms. The van der Waals surface area contributed by atoms with Crippen LogP contribution < -0.4 is 5.32 Å². The zero-order valence-electron chi connectivity index (χ0n) is 14.9. The van der Waals surface area contributed by atoms with Crippen LogP contribution in [-0.2, 0) is 4.79 Å². The molecule has 1 atom stereocenters. The Morgan fingerprint density at radius 3 is 2.70 bits per heavy atom. The van der Waals surface area contributed by atoms with Crippen molar-refractivity contribution in [1.82, 2.24) is 19.8 Å². The molecule has 27 heavy (non-hydrogen) atoms. The Kier molecular flexibility index (Phi) is 4.37. The first-order valence-electron chi connectivity index (χ1n) is 8.84.